The fraction of sp³-hybridized carbons (Fsp3) is 0.0556. The molecule has 3 rings (SSSR count). The monoisotopic (exact) mass is 360 g/mol. The molecule has 6 nitrogen and oxygen atoms in total. The molecule has 0 aliphatic carbocycles. The first kappa shape index (κ1) is 17.3. The molecule has 0 unspecified atom stereocenters. The predicted molar refractivity (Wildman–Crippen MR) is 88.7 cm³/mol. The van der Waals surface area contributed by atoms with Crippen LogP contribution in [0, 0.1) is 11.6 Å². The number of nitrogens with zero attached hydrogens (tertiary/aromatic N) is 1. The molecule has 0 saturated carbocycles. The number of anilines is 1. The molecule has 1 aromatic heterocycles. The number of aromatic nitrogens is 1. The van der Waals surface area contributed by atoms with Crippen molar-refractivity contribution in [3.05, 3.63) is 76.9 Å². The zero-order chi connectivity index (χ0) is 18.8. The summed E-state index contributed by atoms with van der Waals surface area (Å²) in [6, 6.07) is 10.8. The van der Waals surface area contributed by atoms with E-state index in [0.717, 1.165) is 18.2 Å². The molecule has 0 aliphatic rings. The zero-order valence-electron chi connectivity index (χ0n) is 13.3. The fourth-order valence-electron chi connectivity index (χ4n) is 2.36. The van der Waals surface area contributed by atoms with Crippen LogP contribution in [0.1, 0.15) is 21.5 Å². The Balaban J connectivity index is 1.74. The second-order valence-corrected chi connectivity index (χ2v) is 5.53. The van der Waals surface area contributed by atoms with Crippen LogP contribution in [-0.2, 0) is 6.42 Å². The van der Waals surface area contributed by atoms with E-state index in [2.05, 4.69) is 0 Å². The van der Waals surface area contributed by atoms with Gasteiger partial charge in [0.15, 0.2) is 5.82 Å². The molecule has 0 fully saturated rings. The maximum Gasteiger partial charge on any atom is 0.363 e. The van der Waals surface area contributed by atoms with Crippen LogP contribution >= 0.6 is 0 Å². The summed E-state index contributed by atoms with van der Waals surface area (Å²) in [7, 11) is 0. The van der Waals surface area contributed by atoms with E-state index in [4.69, 9.17) is 10.6 Å². The average Bonchev–Trinajstić information content (AvgIpc) is 2.94. The number of hydrogen-bond acceptors (Lipinski definition) is 5. The Labute approximate surface area is 146 Å². The highest BCUT2D eigenvalue weighted by molar-refractivity contribution is 5.89. The number of hydrogen-bond donors (Lipinski definition) is 3. The van der Waals surface area contributed by atoms with Crippen LogP contribution in [0.5, 0.6) is 11.8 Å². The maximum atomic E-state index is 14.0. The van der Waals surface area contributed by atoms with E-state index in [9.17, 15) is 23.8 Å². The van der Waals surface area contributed by atoms with Gasteiger partial charge in [-0.05, 0) is 29.3 Å². The highest BCUT2D eigenvalue weighted by Gasteiger charge is 2.15. The van der Waals surface area contributed by atoms with Crippen LogP contribution in [0.4, 0.5) is 14.5 Å². The zero-order valence-corrected chi connectivity index (χ0v) is 13.3. The van der Waals surface area contributed by atoms with E-state index in [0.29, 0.717) is 10.3 Å². The van der Waals surface area contributed by atoms with Crippen LogP contribution < -0.4 is 10.6 Å². The molecule has 0 amide bonds. The van der Waals surface area contributed by atoms with Crippen LogP contribution in [-0.4, -0.2) is 20.9 Å². The smallest absolute Gasteiger partial charge is 0.363 e. The van der Waals surface area contributed by atoms with E-state index in [1.807, 2.05) is 0 Å². The number of benzene rings is 2. The quantitative estimate of drug-likeness (QED) is 0.622. The van der Waals surface area contributed by atoms with Gasteiger partial charge in [-0.3, -0.25) is 0 Å². The molecule has 26 heavy (non-hydrogen) atoms. The van der Waals surface area contributed by atoms with Gasteiger partial charge in [0.05, 0.1) is 5.56 Å². The third-order valence-electron chi connectivity index (χ3n) is 3.76. The van der Waals surface area contributed by atoms with E-state index in [1.165, 1.54) is 18.2 Å². The second-order valence-electron chi connectivity index (χ2n) is 5.53. The number of carbonyl (C=O) groups is 1. The Morgan fingerprint density at radius 3 is 2.23 bits per heavy atom. The van der Waals surface area contributed by atoms with Crippen molar-refractivity contribution in [3.8, 4) is 11.8 Å². The van der Waals surface area contributed by atoms with Crippen molar-refractivity contribution in [2.45, 2.75) is 6.42 Å². The molecule has 4 N–H and O–H groups in total. The normalized spacial score (nSPS) is 10.7. The summed E-state index contributed by atoms with van der Waals surface area (Å²) in [6.07, 6.45) is 0.158. The third-order valence-corrected chi connectivity index (χ3v) is 3.76. The maximum absolute atomic E-state index is 14.0. The molecular formula is C18H14F2N2O4. The molecule has 0 radical (unpaired) electrons. The third kappa shape index (κ3) is 3.30. The lowest BCUT2D eigenvalue weighted by molar-refractivity contribution is 0.0381. The molecule has 0 bridgehead atoms. The molecule has 0 spiro atoms. The largest absolute Gasteiger partial charge is 0.492 e. The average molecular weight is 360 g/mol. The summed E-state index contributed by atoms with van der Waals surface area (Å²) in [5, 5.41) is 18.9. The van der Waals surface area contributed by atoms with E-state index < -0.39 is 35.1 Å². The molecule has 134 valence electrons. The fourth-order valence-corrected chi connectivity index (χ4v) is 2.36. The Hall–Kier alpha value is -3.55. The molecular weight excluding hydrogens is 346 g/mol. The minimum Gasteiger partial charge on any atom is -0.492 e. The van der Waals surface area contributed by atoms with Crippen molar-refractivity contribution in [1.82, 2.24) is 4.73 Å². The van der Waals surface area contributed by atoms with E-state index >= 15 is 0 Å². The van der Waals surface area contributed by atoms with Gasteiger partial charge in [-0.15, -0.1) is 4.73 Å². The molecule has 2 aromatic carbocycles. The first-order valence-corrected chi connectivity index (χ1v) is 7.50. The van der Waals surface area contributed by atoms with Crippen molar-refractivity contribution in [3.63, 3.8) is 0 Å². The van der Waals surface area contributed by atoms with Crippen molar-refractivity contribution in [1.29, 1.82) is 0 Å². The first-order valence-electron chi connectivity index (χ1n) is 7.50. The lowest BCUT2D eigenvalue weighted by Gasteiger charge is -2.09. The number of nitrogen functional groups attached to an aromatic ring is 1. The van der Waals surface area contributed by atoms with E-state index in [-0.39, 0.29) is 17.5 Å². The number of aromatic hydroxyl groups is 2. The van der Waals surface area contributed by atoms with Gasteiger partial charge in [0, 0.05) is 18.6 Å². The predicted octanol–water partition coefficient (Wildman–Crippen LogP) is 2.62. The Morgan fingerprint density at radius 2 is 1.62 bits per heavy atom. The molecule has 3 aromatic rings. The van der Waals surface area contributed by atoms with Gasteiger partial charge in [-0.25, -0.2) is 13.6 Å². The molecule has 8 heteroatoms. The standard InChI is InChI=1S/C18H14F2N2O4/c19-13-6-5-12(16(20)17(13)21)9-10-1-3-11(4-2-10)18(25)26-22-14(23)7-8-15(22)24/h1-8,23-24H,9,21H2. The van der Waals surface area contributed by atoms with Crippen molar-refractivity contribution >= 4 is 11.7 Å². The SMILES string of the molecule is Nc1c(F)ccc(Cc2ccc(C(=O)On3c(O)ccc3O)cc2)c1F. The minimum atomic E-state index is -0.819. The minimum absolute atomic E-state index is 0.153. The van der Waals surface area contributed by atoms with Gasteiger partial charge in [0.25, 0.3) is 0 Å². The van der Waals surface area contributed by atoms with Gasteiger partial charge < -0.3 is 20.8 Å². The number of nitrogens with two attached hydrogens (primary N) is 1. The van der Waals surface area contributed by atoms with E-state index in [1.54, 1.807) is 12.1 Å². The molecule has 1 heterocycles. The second kappa shape index (κ2) is 6.75. The number of halogens is 2. The lowest BCUT2D eigenvalue weighted by atomic mass is 10.0. The van der Waals surface area contributed by atoms with Crippen LogP contribution in [0.3, 0.4) is 0 Å². The first-order chi connectivity index (χ1) is 12.4. The summed E-state index contributed by atoms with van der Waals surface area (Å²) in [6.45, 7) is 0. The molecule has 0 aliphatic heterocycles. The Bertz CT molecular complexity index is 949. The summed E-state index contributed by atoms with van der Waals surface area (Å²) in [5.41, 5.74) is 5.84. The number of carbonyl (C=O) groups excluding carboxylic acids is 1. The summed E-state index contributed by atoms with van der Waals surface area (Å²) >= 11 is 0. The Kier molecular flexibility index (Phi) is 4.49. The summed E-state index contributed by atoms with van der Waals surface area (Å²) < 4.78 is 27.7. The van der Waals surface area contributed by atoms with Crippen molar-refractivity contribution in [2.75, 3.05) is 5.73 Å². The highest BCUT2D eigenvalue weighted by Crippen LogP contribution is 2.22. The highest BCUT2D eigenvalue weighted by atomic mass is 19.1. The number of rotatable bonds is 4. The van der Waals surface area contributed by atoms with Gasteiger partial charge in [0.2, 0.25) is 11.8 Å². The lowest BCUT2D eigenvalue weighted by Crippen LogP contribution is -2.19. The van der Waals surface area contributed by atoms with Crippen LogP contribution in [0.25, 0.3) is 0 Å². The van der Waals surface area contributed by atoms with Crippen LogP contribution in [0.15, 0.2) is 48.5 Å². The molecule has 0 atom stereocenters. The van der Waals surface area contributed by atoms with Crippen molar-refractivity contribution < 1.29 is 28.6 Å². The van der Waals surface area contributed by atoms with Gasteiger partial charge in [0.1, 0.15) is 11.5 Å². The Morgan fingerprint density at radius 1 is 1.00 bits per heavy atom. The van der Waals surface area contributed by atoms with Gasteiger partial charge >= 0.3 is 5.97 Å². The van der Waals surface area contributed by atoms with Crippen molar-refractivity contribution in [2.24, 2.45) is 0 Å². The topological polar surface area (TPSA) is 97.7 Å². The summed E-state index contributed by atoms with van der Waals surface area (Å²) in [4.78, 5) is 16.9. The van der Waals surface area contributed by atoms with Gasteiger partial charge in [-0.2, -0.15) is 0 Å². The summed E-state index contributed by atoms with van der Waals surface area (Å²) in [5.74, 6) is -3.31. The van der Waals surface area contributed by atoms with Gasteiger partial charge in [-0.1, -0.05) is 18.2 Å². The molecule has 0 saturated heterocycles. The van der Waals surface area contributed by atoms with Crippen LogP contribution in [0.2, 0.25) is 0 Å².